The van der Waals surface area contributed by atoms with Gasteiger partial charge in [-0.3, -0.25) is 4.79 Å². The molecule has 0 bridgehead atoms. The summed E-state index contributed by atoms with van der Waals surface area (Å²) in [7, 11) is 0. The van der Waals surface area contributed by atoms with Crippen molar-refractivity contribution in [3.05, 3.63) is 47.9 Å². The number of halogens is 1. The Morgan fingerprint density at radius 1 is 1.24 bits per heavy atom. The highest BCUT2D eigenvalue weighted by Gasteiger charge is 2.11. The number of benzene rings is 1. The molecule has 0 aliphatic carbocycles. The van der Waals surface area contributed by atoms with E-state index in [0.29, 0.717) is 5.82 Å². The molecule has 2 aromatic rings. The number of para-hydroxylation sites is 1. The lowest BCUT2D eigenvalue weighted by atomic mass is 10.2. The Morgan fingerprint density at radius 3 is 2.62 bits per heavy atom. The van der Waals surface area contributed by atoms with Crippen LogP contribution in [0.4, 0.5) is 15.9 Å². The largest absolute Gasteiger partial charge is 0.366 e. The first-order chi connectivity index (χ1) is 10.1. The third kappa shape index (κ3) is 3.98. The second kappa shape index (κ2) is 6.78. The fraction of sp³-hybridized carbons (Fsp3) is 0.267. The highest BCUT2D eigenvalue weighted by atomic mass is 19.1. The summed E-state index contributed by atoms with van der Waals surface area (Å²) in [5, 5.41) is 13.4. The van der Waals surface area contributed by atoms with Crippen molar-refractivity contribution in [2.45, 2.75) is 26.3 Å². The molecule has 1 amide bonds. The zero-order valence-electron chi connectivity index (χ0n) is 11.9. The van der Waals surface area contributed by atoms with E-state index in [0.717, 1.165) is 6.42 Å². The van der Waals surface area contributed by atoms with Gasteiger partial charge in [0.1, 0.15) is 11.6 Å². The van der Waals surface area contributed by atoms with Gasteiger partial charge in [0.05, 0.1) is 5.69 Å². The van der Waals surface area contributed by atoms with Crippen molar-refractivity contribution in [2.75, 3.05) is 10.6 Å². The molecule has 1 aromatic heterocycles. The lowest BCUT2D eigenvalue weighted by Crippen LogP contribution is -2.18. The number of hydrogen-bond acceptors (Lipinski definition) is 4. The molecule has 1 aromatic carbocycles. The van der Waals surface area contributed by atoms with E-state index in [9.17, 15) is 9.18 Å². The lowest BCUT2D eigenvalue weighted by Gasteiger charge is -2.11. The van der Waals surface area contributed by atoms with Crippen molar-refractivity contribution in [3.8, 4) is 0 Å². The number of anilines is 2. The summed E-state index contributed by atoms with van der Waals surface area (Å²) in [6, 6.07) is 9.46. The third-order valence-corrected chi connectivity index (χ3v) is 3.03. The van der Waals surface area contributed by atoms with Crippen molar-refractivity contribution in [3.63, 3.8) is 0 Å². The van der Waals surface area contributed by atoms with Crippen LogP contribution in [0.15, 0.2) is 36.4 Å². The fourth-order valence-corrected chi connectivity index (χ4v) is 1.63. The Bertz CT molecular complexity index is 615. The van der Waals surface area contributed by atoms with Crippen molar-refractivity contribution < 1.29 is 9.18 Å². The molecule has 0 saturated carbocycles. The maximum atomic E-state index is 13.5. The molecule has 0 aliphatic heterocycles. The van der Waals surface area contributed by atoms with Gasteiger partial charge in [-0.1, -0.05) is 19.1 Å². The predicted octanol–water partition coefficient (Wildman–Crippen LogP) is 3.08. The summed E-state index contributed by atoms with van der Waals surface area (Å²) in [6.45, 7) is 4.09. The number of carbonyl (C=O) groups excluding carboxylic acids is 1. The summed E-state index contributed by atoms with van der Waals surface area (Å²) >= 11 is 0. The standard InChI is InChI=1S/C15H17FN4O/c1-3-10(2)17-14-9-8-13(19-20-14)15(21)18-12-7-5-4-6-11(12)16/h4-10H,3H2,1-2H3,(H,17,20)(H,18,21). The first-order valence-corrected chi connectivity index (χ1v) is 6.76. The van der Waals surface area contributed by atoms with E-state index in [1.165, 1.54) is 12.1 Å². The quantitative estimate of drug-likeness (QED) is 0.887. The van der Waals surface area contributed by atoms with Crippen LogP contribution in [0.2, 0.25) is 0 Å². The molecule has 21 heavy (non-hydrogen) atoms. The maximum absolute atomic E-state index is 13.5. The van der Waals surface area contributed by atoms with Gasteiger partial charge in [0, 0.05) is 6.04 Å². The van der Waals surface area contributed by atoms with E-state index in [2.05, 4.69) is 27.8 Å². The Balaban J connectivity index is 2.05. The average molecular weight is 288 g/mol. The molecule has 6 heteroatoms. The van der Waals surface area contributed by atoms with Gasteiger partial charge in [-0.15, -0.1) is 10.2 Å². The van der Waals surface area contributed by atoms with Gasteiger partial charge < -0.3 is 10.6 Å². The third-order valence-electron chi connectivity index (χ3n) is 3.03. The fourth-order valence-electron chi connectivity index (χ4n) is 1.63. The molecule has 1 unspecified atom stereocenters. The van der Waals surface area contributed by atoms with Crippen LogP contribution in [-0.4, -0.2) is 22.1 Å². The number of hydrogen-bond donors (Lipinski definition) is 2. The summed E-state index contributed by atoms with van der Waals surface area (Å²) in [5.41, 5.74) is 0.249. The van der Waals surface area contributed by atoms with E-state index in [-0.39, 0.29) is 17.4 Å². The Labute approximate surface area is 122 Å². The molecular weight excluding hydrogens is 271 g/mol. The molecule has 0 fully saturated rings. The van der Waals surface area contributed by atoms with Gasteiger partial charge in [0.15, 0.2) is 5.69 Å². The van der Waals surface area contributed by atoms with Crippen molar-refractivity contribution in [2.24, 2.45) is 0 Å². The van der Waals surface area contributed by atoms with Crippen LogP contribution in [0, 0.1) is 5.82 Å². The normalized spacial score (nSPS) is 11.8. The zero-order chi connectivity index (χ0) is 15.2. The zero-order valence-corrected chi connectivity index (χ0v) is 11.9. The number of amides is 1. The molecule has 1 atom stereocenters. The SMILES string of the molecule is CCC(C)Nc1ccc(C(=O)Nc2ccccc2F)nn1. The highest BCUT2D eigenvalue weighted by molar-refractivity contribution is 6.02. The van der Waals surface area contributed by atoms with Crippen LogP contribution in [0.5, 0.6) is 0 Å². The van der Waals surface area contributed by atoms with Crippen LogP contribution in [0.3, 0.4) is 0 Å². The topological polar surface area (TPSA) is 66.9 Å². The van der Waals surface area contributed by atoms with Crippen LogP contribution in [0.1, 0.15) is 30.8 Å². The van der Waals surface area contributed by atoms with Gasteiger partial charge in [0.25, 0.3) is 5.91 Å². The van der Waals surface area contributed by atoms with E-state index in [1.54, 1.807) is 24.3 Å². The molecule has 0 radical (unpaired) electrons. The van der Waals surface area contributed by atoms with Crippen molar-refractivity contribution >= 4 is 17.4 Å². The number of nitrogens with one attached hydrogen (secondary N) is 2. The summed E-state index contributed by atoms with van der Waals surface area (Å²) in [4.78, 5) is 12.0. The molecule has 0 saturated heterocycles. The average Bonchev–Trinajstić information content (AvgIpc) is 2.50. The van der Waals surface area contributed by atoms with E-state index in [4.69, 9.17) is 0 Å². The Morgan fingerprint density at radius 2 is 2.00 bits per heavy atom. The monoisotopic (exact) mass is 288 g/mol. The summed E-state index contributed by atoms with van der Waals surface area (Å²) in [5.74, 6) is -0.386. The van der Waals surface area contributed by atoms with E-state index < -0.39 is 11.7 Å². The van der Waals surface area contributed by atoms with Crippen molar-refractivity contribution in [1.82, 2.24) is 10.2 Å². The van der Waals surface area contributed by atoms with Gasteiger partial charge in [-0.05, 0) is 37.6 Å². The second-order valence-electron chi connectivity index (χ2n) is 4.69. The summed E-state index contributed by atoms with van der Waals surface area (Å²) < 4.78 is 13.5. The van der Waals surface area contributed by atoms with Crippen LogP contribution >= 0.6 is 0 Å². The second-order valence-corrected chi connectivity index (χ2v) is 4.69. The lowest BCUT2D eigenvalue weighted by molar-refractivity contribution is 0.102. The van der Waals surface area contributed by atoms with Gasteiger partial charge in [-0.2, -0.15) is 0 Å². The molecule has 1 heterocycles. The van der Waals surface area contributed by atoms with E-state index in [1.807, 2.05) is 6.92 Å². The number of aromatic nitrogens is 2. The Hall–Kier alpha value is -2.50. The van der Waals surface area contributed by atoms with Crippen LogP contribution < -0.4 is 10.6 Å². The number of nitrogens with zero attached hydrogens (tertiary/aromatic N) is 2. The summed E-state index contributed by atoms with van der Waals surface area (Å²) in [6.07, 6.45) is 0.956. The first kappa shape index (κ1) is 14.9. The maximum Gasteiger partial charge on any atom is 0.276 e. The number of carbonyl (C=O) groups is 1. The molecule has 0 spiro atoms. The van der Waals surface area contributed by atoms with Crippen LogP contribution in [0.25, 0.3) is 0 Å². The molecule has 2 rings (SSSR count). The minimum absolute atomic E-state index is 0.117. The highest BCUT2D eigenvalue weighted by Crippen LogP contribution is 2.13. The van der Waals surface area contributed by atoms with Gasteiger partial charge >= 0.3 is 0 Å². The molecule has 0 aliphatic rings. The molecule has 110 valence electrons. The Kier molecular flexibility index (Phi) is 4.81. The molecule has 5 nitrogen and oxygen atoms in total. The van der Waals surface area contributed by atoms with Crippen LogP contribution in [-0.2, 0) is 0 Å². The minimum Gasteiger partial charge on any atom is -0.366 e. The number of rotatable bonds is 5. The van der Waals surface area contributed by atoms with Gasteiger partial charge in [-0.25, -0.2) is 4.39 Å². The predicted molar refractivity (Wildman–Crippen MR) is 79.8 cm³/mol. The minimum atomic E-state index is -0.498. The molecular formula is C15H17FN4O. The molecule has 2 N–H and O–H groups in total. The van der Waals surface area contributed by atoms with Gasteiger partial charge in [0.2, 0.25) is 0 Å². The first-order valence-electron chi connectivity index (χ1n) is 6.76. The smallest absolute Gasteiger partial charge is 0.276 e. The van der Waals surface area contributed by atoms with E-state index >= 15 is 0 Å². The van der Waals surface area contributed by atoms with Crippen molar-refractivity contribution in [1.29, 1.82) is 0 Å².